The van der Waals surface area contributed by atoms with E-state index < -0.39 is 5.82 Å². The second-order valence-electron chi connectivity index (χ2n) is 4.95. The van der Waals surface area contributed by atoms with E-state index in [1.807, 2.05) is 0 Å². The molecular weight excluding hydrogens is 261 g/mol. The van der Waals surface area contributed by atoms with Crippen LogP contribution in [0.2, 0.25) is 0 Å². The van der Waals surface area contributed by atoms with E-state index in [2.05, 4.69) is 10.1 Å². The van der Waals surface area contributed by atoms with Crippen molar-refractivity contribution in [3.8, 4) is 11.5 Å². The quantitative estimate of drug-likeness (QED) is 0.873. The second kappa shape index (κ2) is 5.58. The Bertz CT molecular complexity index is 594. The number of ether oxygens (including phenoxy) is 1. The fourth-order valence-corrected chi connectivity index (χ4v) is 2.32. The fraction of sp³-hybridized carbons (Fsp3) is 0.429. The fourth-order valence-electron chi connectivity index (χ4n) is 2.32. The summed E-state index contributed by atoms with van der Waals surface area (Å²) < 4.78 is 24.5. The van der Waals surface area contributed by atoms with Gasteiger partial charge in [-0.15, -0.1) is 0 Å². The Morgan fingerprint density at radius 2 is 2.25 bits per heavy atom. The number of nitrogens with zero attached hydrogens (tertiary/aromatic N) is 2. The van der Waals surface area contributed by atoms with Gasteiger partial charge in [-0.05, 0) is 37.5 Å². The van der Waals surface area contributed by atoms with Crippen molar-refractivity contribution >= 4 is 5.69 Å². The topological polar surface area (TPSA) is 74.2 Å². The van der Waals surface area contributed by atoms with Crippen molar-refractivity contribution in [2.24, 2.45) is 0 Å². The lowest BCUT2D eigenvalue weighted by Gasteiger charge is -2.20. The maximum absolute atomic E-state index is 13.8. The van der Waals surface area contributed by atoms with Crippen molar-refractivity contribution in [2.45, 2.75) is 31.8 Å². The SMILES string of the molecule is Nc1ccc(-c2nc(CC3CCCCO3)no2)c(F)c1. The summed E-state index contributed by atoms with van der Waals surface area (Å²) in [6.07, 6.45) is 3.98. The minimum Gasteiger partial charge on any atom is -0.399 e. The molecule has 0 amide bonds. The number of nitrogen functional groups attached to an aromatic ring is 1. The highest BCUT2D eigenvalue weighted by Crippen LogP contribution is 2.24. The molecule has 3 rings (SSSR count). The Morgan fingerprint density at radius 3 is 3.00 bits per heavy atom. The van der Waals surface area contributed by atoms with Crippen LogP contribution in [0.15, 0.2) is 22.7 Å². The van der Waals surface area contributed by atoms with Crippen molar-refractivity contribution < 1.29 is 13.7 Å². The molecule has 20 heavy (non-hydrogen) atoms. The summed E-state index contributed by atoms with van der Waals surface area (Å²) in [4.78, 5) is 4.23. The summed E-state index contributed by atoms with van der Waals surface area (Å²) in [5, 5.41) is 3.89. The first-order valence-electron chi connectivity index (χ1n) is 6.72. The number of hydrogen-bond donors (Lipinski definition) is 1. The molecule has 1 aromatic heterocycles. The Morgan fingerprint density at radius 1 is 1.35 bits per heavy atom. The molecule has 0 radical (unpaired) electrons. The van der Waals surface area contributed by atoms with Crippen LogP contribution in [0.4, 0.5) is 10.1 Å². The maximum Gasteiger partial charge on any atom is 0.260 e. The Labute approximate surface area is 115 Å². The molecule has 1 aliphatic rings. The average Bonchev–Trinajstić information content (AvgIpc) is 2.88. The van der Waals surface area contributed by atoms with Gasteiger partial charge in [0.1, 0.15) is 5.82 Å². The van der Waals surface area contributed by atoms with E-state index in [1.165, 1.54) is 6.07 Å². The lowest BCUT2D eigenvalue weighted by molar-refractivity contribution is 0.0153. The maximum atomic E-state index is 13.8. The minimum atomic E-state index is -0.464. The van der Waals surface area contributed by atoms with E-state index in [9.17, 15) is 4.39 Å². The second-order valence-corrected chi connectivity index (χ2v) is 4.95. The molecule has 0 saturated carbocycles. The van der Waals surface area contributed by atoms with E-state index >= 15 is 0 Å². The van der Waals surface area contributed by atoms with E-state index in [0.29, 0.717) is 17.9 Å². The van der Waals surface area contributed by atoms with Crippen LogP contribution in [0, 0.1) is 5.82 Å². The number of nitrogens with two attached hydrogens (primary N) is 1. The van der Waals surface area contributed by atoms with Crippen LogP contribution in [0.5, 0.6) is 0 Å². The van der Waals surface area contributed by atoms with Crippen LogP contribution in [0.25, 0.3) is 11.5 Å². The van der Waals surface area contributed by atoms with E-state index in [4.69, 9.17) is 15.0 Å². The Kier molecular flexibility index (Phi) is 3.64. The van der Waals surface area contributed by atoms with E-state index in [1.54, 1.807) is 12.1 Å². The molecule has 1 unspecified atom stereocenters. The van der Waals surface area contributed by atoms with Crippen molar-refractivity contribution in [3.63, 3.8) is 0 Å². The van der Waals surface area contributed by atoms with Crippen LogP contribution in [0.3, 0.4) is 0 Å². The molecule has 0 bridgehead atoms. The van der Waals surface area contributed by atoms with Gasteiger partial charge < -0.3 is 15.0 Å². The molecular formula is C14H16FN3O2. The Balaban J connectivity index is 1.75. The molecule has 2 aromatic rings. The summed E-state index contributed by atoms with van der Waals surface area (Å²) in [5.41, 5.74) is 6.14. The predicted octanol–water partition coefficient (Wildman–Crippen LogP) is 2.57. The molecule has 2 heterocycles. The molecule has 1 atom stereocenters. The summed E-state index contributed by atoms with van der Waals surface area (Å²) in [5.74, 6) is 0.255. The Hall–Kier alpha value is -1.95. The van der Waals surface area contributed by atoms with Gasteiger partial charge >= 0.3 is 0 Å². The standard InChI is InChI=1S/C14H16FN3O2/c15-12-7-9(16)4-5-11(12)14-17-13(18-20-14)8-10-3-1-2-6-19-10/h4-5,7,10H,1-3,6,8,16H2. The highest BCUT2D eigenvalue weighted by molar-refractivity contribution is 5.58. The molecule has 5 nitrogen and oxygen atoms in total. The number of halogens is 1. The van der Waals surface area contributed by atoms with E-state index in [0.717, 1.165) is 25.9 Å². The smallest absolute Gasteiger partial charge is 0.260 e. The minimum absolute atomic E-state index is 0.130. The van der Waals surface area contributed by atoms with Gasteiger partial charge in [0.05, 0.1) is 11.7 Å². The van der Waals surface area contributed by atoms with Crippen LogP contribution in [-0.4, -0.2) is 22.9 Å². The van der Waals surface area contributed by atoms with Crippen molar-refractivity contribution in [2.75, 3.05) is 12.3 Å². The molecule has 1 aliphatic heterocycles. The zero-order valence-corrected chi connectivity index (χ0v) is 11.0. The predicted molar refractivity (Wildman–Crippen MR) is 71.4 cm³/mol. The molecule has 1 fully saturated rings. The van der Waals surface area contributed by atoms with Crippen LogP contribution in [0.1, 0.15) is 25.1 Å². The lowest BCUT2D eigenvalue weighted by Crippen LogP contribution is -2.21. The number of rotatable bonds is 3. The van der Waals surface area contributed by atoms with Crippen LogP contribution in [-0.2, 0) is 11.2 Å². The van der Waals surface area contributed by atoms with Gasteiger partial charge in [-0.3, -0.25) is 0 Å². The largest absolute Gasteiger partial charge is 0.399 e. The van der Waals surface area contributed by atoms with Gasteiger partial charge in [0, 0.05) is 18.7 Å². The van der Waals surface area contributed by atoms with Gasteiger partial charge in [-0.25, -0.2) is 4.39 Å². The molecule has 0 aliphatic carbocycles. The first-order chi connectivity index (χ1) is 9.72. The third-order valence-electron chi connectivity index (χ3n) is 3.38. The zero-order valence-electron chi connectivity index (χ0n) is 11.0. The first-order valence-corrected chi connectivity index (χ1v) is 6.72. The highest BCUT2D eigenvalue weighted by Gasteiger charge is 2.19. The average molecular weight is 277 g/mol. The highest BCUT2D eigenvalue weighted by atomic mass is 19.1. The van der Waals surface area contributed by atoms with Gasteiger partial charge in [0.2, 0.25) is 0 Å². The van der Waals surface area contributed by atoms with E-state index in [-0.39, 0.29) is 17.6 Å². The molecule has 6 heteroatoms. The number of benzene rings is 1. The normalized spacial score (nSPS) is 19.1. The molecule has 1 aromatic carbocycles. The molecule has 2 N–H and O–H groups in total. The van der Waals surface area contributed by atoms with Gasteiger partial charge in [-0.2, -0.15) is 4.98 Å². The number of anilines is 1. The number of hydrogen-bond acceptors (Lipinski definition) is 5. The molecule has 106 valence electrons. The lowest BCUT2D eigenvalue weighted by atomic mass is 10.1. The zero-order chi connectivity index (χ0) is 13.9. The third kappa shape index (κ3) is 2.80. The first kappa shape index (κ1) is 13.1. The van der Waals surface area contributed by atoms with Crippen LogP contribution < -0.4 is 5.73 Å². The van der Waals surface area contributed by atoms with Gasteiger partial charge in [-0.1, -0.05) is 5.16 Å². The van der Waals surface area contributed by atoms with Crippen molar-refractivity contribution in [3.05, 3.63) is 29.8 Å². The van der Waals surface area contributed by atoms with Crippen LogP contribution >= 0.6 is 0 Å². The summed E-state index contributed by atoms with van der Waals surface area (Å²) in [6, 6.07) is 4.38. The van der Waals surface area contributed by atoms with Gasteiger partial charge in [0.25, 0.3) is 5.89 Å². The summed E-state index contributed by atoms with van der Waals surface area (Å²) in [6.45, 7) is 0.780. The third-order valence-corrected chi connectivity index (χ3v) is 3.38. The van der Waals surface area contributed by atoms with Gasteiger partial charge in [0.15, 0.2) is 5.82 Å². The number of aromatic nitrogens is 2. The monoisotopic (exact) mass is 277 g/mol. The summed E-state index contributed by atoms with van der Waals surface area (Å²) in [7, 11) is 0. The molecule has 0 spiro atoms. The summed E-state index contributed by atoms with van der Waals surface area (Å²) >= 11 is 0. The van der Waals surface area contributed by atoms with Crippen molar-refractivity contribution in [1.82, 2.24) is 10.1 Å². The van der Waals surface area contributed by atoms with Crippen molar-refractivity contribution in [1.29, 1.82) is 0 Å². The molecule has 1 saturated heterocycles.